The van der Waals surface area contributed by atoms with Crippen LogP contribution in [0, 0.1) is 20.8 Å². The third kappa shape index (κ3) is 3.80. The van der Waals surface area contributed by atoms with Gasteiger partial charge in [-0.3, -0.25) is 4.79 Å². The Hall–Kier alpha value is -2.29. The monoisotopic (exact) mass is 429 g/mol. The first-order chi connectivity index (χ1) is 13.8. The van der Waals surface area contributed by atoms with Gasteiger partial charge in [-0.2, -0.15) is 4.31 Å². The first-order valence-corrected chi connectivity index (χ1v) is 11.8. The maximum absolute atomic E-state index is 13.1. The number of hydrogen-bond donors (Lipinski definition) is 1. The molecule has 0 radical (unpaired) electrons. The fourth-order valence-corrected chi connectivity index (χ4v) is 6.16. The fraction of sp³-hybridized carbons (Fsp3) is 0.333. The van der Waals surface area contributed by atoms with Gasteiger partial charge in [0.05, 0.1) is 15.1 Å². The average molecular weight is 430 g/mol. The van der Waals surface area contributed by atoms with Crippen molar-refractivity contribution in [1.29, 1.82) is 0 Å². The van der Waals surface area contributed by atoms with Gasteiger partial charge >= 0.3 is 0 Å². The molecule has 2 heterocycles. The Morgan fingerprint density at radius 2 is 1.83 bits per heavy atom. The van der Waals surface area contributed by atoms with Crippen LogP contribution in [0.2, 0.25) is 0 Å². The van der Waals surface area contributed by atoms with Crippen molar-refractivity contribution in [2.45, 2.75) is 44.6 Å². The summed E-state index contributed by atoms with van der Waals surface area (Å²) in [5, 5.41) is 3.33. The summed E-state index contributed by atoms with van der Waals surface area (Å²) in [4.78, 5) is 17.6. The summed E-state index contributed by atoms with van der Waals surface area (Å²) in [5.41, 5.74) is 4.14. The lowest BCUT2D eigenvalue weighted by Gasteiger charge is -2.23. The molecule has 29 heavy (non-hydrogen) atoms. The predicted molar refractivity (Wildman–Crippen MR) is 116 cm³/mol. The van der Waals surface area contributed by atoms with Crippen LogP contribution < -0.4 is 5.32 Å². The highest BCUT2D eigenvalue weighted by Crippen LogP contribution is 2.30. The van der Waals surface area contributed by atoms with Crippen LogP contribution >= 0.6 is 11.3 Å². The van der Waals surface area contributed by atoms with Crippen molar-refractivity contribution in [2.75, 3.05) is 11.9 Å². The number of benzene rings is 2. The molecule has 0 saturated carbocycles. The van der Waals surface area contributed by atoms with Gasteiger partial charge in [-0.05, 0) is 69.0 Å². The number of nitrogens with zero attached hydrogens (tertiary/aromatic N) is 2. The third-order valence-corrected chi connectivity index (χ3v) is 8.22. The molecule has 1 aliphatic rings. The number of fused-ring (bicyclic) bond motifs is 1. The van der Waals surface area contributed by atoms with Gasteiger partial charge < -0.3 is 5.32 Å². The Bertz CT molecular complexity index is 1140. The smallest absolute Gasteiger partial charge is 0.244 e. The number of carbonyl (C=O) groups excluding carboxylic acids is 1. The van der Waals surface area contributed by atoms with E-state index in [1.54, 1.807) is 24.3 Å². The molecule has 2 aromatic carbocycles. The quantitative estimate of drug-likeness (QED) is 0.680. The second kappa shape index (κ2) is 7.51. The number of hydrogen-bond acceptors (Lipinski definition) is 5. The Morgan fingerprint density at radius 3 is 2.55 bits per heavy atom. The molecule has 3 aromatic rings. The van der Waals surface area contributed by atoms with E-state index in [4.69, 9.17) is 0 Å². The molecule has 6 nitrogen and oxygen atoms in total. The Balaban J connectivity index is 1.57. The van der Waals surface area contributed by atoms with Gasteiger partial charge in [0, 0.05) is 6.54 Å². The van der Waals surface area contributed by atoms with Gasteiger partial charge in [0.25, 0.3) is 0 Å². The summed E-state index contributed by atoms with van der Waals surface area (Å²) >= 11 is 1.40. The van der Waals surface area contributed by atoms with Crippen LogP contribution in [0.1, 0.15) is 29.5 Å². The highest BCUT2D eigenvalue weighted by Gasteiger charge is 2.39. The van der Waals surface area contributed by atoms with E-state index in [2.05, 4.69) is 16.4 Å². The molecule has 152 valence electrons. The van der Waals surface area contributed by atoms with Gasteiger partial charge in [0.1, 0.15) is 6.04 Å². The first kappa shape index (κ1) is 20.0. The number of thiazole rings is 1. The lowest BCUT2D eigenvalue weighted by molar-refractivity contribution is -0.119. The van der Waals surface area contributed by atoms with Gasteiger partial charge in [0.15, 0.2) is 5.13 Å². The second-order valence-corrected chi connectivity index (χ2v) is 10.4. The van der Waals surface area contributed by atoms with E-state index in [9.17, 15) is 13.2 Å². The molecule has 1 unspecified atom stereocenters. The molecule has 1 saturated heterocycles. The van der Waals surface area contributed by atoms with Crippen LogP contribution in [0.4, 0.5) is 5.13 Å². The SMILES string of the molecule is Cc1ccc(S(=O)(=O)N2CCCC2C(=O)Nc2nc3cc(C)c(C)cc3s2)cc1. The third-order valence-electron chi connectivity index (χ3n) is 5.37. The summed E-state index contributed by atoms with van der Waals surface area (Å²) in [6.07, 6.45) is 1.15. The van der Waals surface area contributed by atoms with Crippen LogP contribution in [-0.2, 0) is 14.8 Å². The molecule has 0 aliphatic carbocycles. The molecule has 0 bridgehead atoms. The molecule has 1 fully saturated rings. The number of carbonyl (C=O) groups is 1. The standard InChI is InChI=1S/C21H23N3O3S2/c1-13-6-8-16(9-7-13)29(26,27)24-10-4-5-18(24)20(25)23-21-22-17-11-14(2)15(3)12-19(17)28-21/h6-9,11-12,18H,4-5,10H2,1-3H3,(H,22,23,25). The highest BCUT2D eigenvalue weighted by atomic mass is 32.2. The molecule has 4 rings (SSSR count). The zero-order valence-corrected chi connectivity index (χ0v) is 18.2. The van der Waals surface area contributed by atoms with E-state index in [0.717, 1.165) is 21.3 Å². The molecule has 1 aromatic heterocycles. The first-order valence-electron chi connectivity index (χ1n) is 9.53. The normalized spacial score (nSPS) is 17.7. The molecular formula is C21H23N3O3S2. The fourth-order valence-electron chi connectivity index (χ4n) is 3.56. The summed E-state index contributed by atoms with van der Waals surface area (Å²) in [6, 6.07) is 10.1. The van der Waals surface area contributed by atoms with E-state index in [1.807, 2.05) is 26.8 Å². The Kier molecular flexibility index (Phi) is 5.18. The summed E-state index contributed by atoms with van der Waals surface area (Å²) in [7, 11) is -3.72. The van der Waals surface area contributed by atoms with Crippen molar-refractivity contribution < 1.29 is 13.2 Å². The van der Waals surface area contributed by atoms with Crippen molar-refractivity contribution in [1.82, 2.24) is 9.29 Å². The largest absolute Gasteiger partial charge is 0.301 e. The number of anilines is 1. The molecule has 1 atom stereocenters. The zero-order valence-electron chi connectivity index (χ0n) is 16.6. The van der Waals surface area contributed by atoms with Crippen LogP contribution in [0.25, 0.3) is 10.2 Å². The van der Waals surface area contributed by atoms with Gasteiger partial charge in [-0.15, -0.1) is 0 Å². The molecule has 1 amide bonds. The number of nitrogens with one attached hydrogen (secondary N) is 1. The number of rotatable bonds is 4. The lowest BCUT2D eigenvalue weighted by Crippen LogP contribution is -2.43. The highest BCUT2D eigenvalue weighted by molar-refractivity contribution is 7.89. The average Bonchev–Trinajstić information content (AvgIpc) is 3.30. The summed E-state index contributed by atoms with van der Waals surface area (Å²) in [5.74, 6) is -0.328. The van der Waals surface area contributed by atoms with E-state index in [0.29, 0.717) is 24.5 Å². The summed E-state index contributed by atoms with van der Waals surface area (Å²) in [6.45, 7) is 6.31. The second-order valence-electron chi connectivity index (χ2n) is 7.50. The van der Waals surface area contributed by atoms with Crippen LogP contribution in [0.5, 0.6) is 0 Å². The Morgan fingerprint density at radius 1 is 1.14 bits per heavy atom. The zero-order chi connectivity index (χ0) is 20.8. The minimum absolute atomic E-state index is 0.216. The minimum atomic E-state index is -3.72. The lowest BCUT2D eigenvalue weighted by atomic mass is 10.1. The van der Waals surface area contributed by atoms with Crippen molar-refractivity contribution in [2.24, 2.45) is 0 Å². The molecule has 0 spiro atoms. The van der Waals surface area contributed by atoms with E-state index in [-0.39, 0.29) is 10.8 Å². The maximum Gasteiger partial charge on any atom is 0.244 e. The van der Waals surface area contributed by atoms with E-state index >= 15 is 0 Å². The minimum Gasteiger partial charge on any atom is -0.301 e. The van der Waals surface area contributed by atoms with Crippen molar-refractivity contribution >= 4 is 42.6 Å². The molecule has 1 N–H and O–H groups in total. The van der Waals surface area contributed by atoms with Gasteiger partial charge in [-0.1, -0.05) is 29.0 Å². The number of aryl methyl sites for hydroxylation is 3. The molecule has 1 aliphatic heterocycles. The predicted octanol–water partition coefficient (Wildman–Crippen LogP) is 4.01. The molecule has 8 heteroatoms. The number of aromatic nitrogens is 1. The topological polar surface area (TPSA) is 79.4 Å². The van der Waals surface area contributed by atoms with Crippen molar-refractivity contribution in [3.8, 4) is 0 Å². The van der Waals surface area contributed by atoms with E-state index in [1.165, 1.54) is 21.2 Å². The summed E-state index contributed by atoms with van der Waals surface area (Å²) < 4.78 is 28.4. The van der Waals surface area contributed by atoms with Gasteiger partial charge in [-0.25, -0.2) is 13.4 Å². The van der Waals surface area contributed by atoms with Crippen LogP contribution in [-0.4, -0.2) is 36.2 Å². The van der Waals surface area contributed by atoms with Crippen molar-refractivity contribution in [3.63, 3.8) is 0 Å². The maximum atomic E-state index is 13.1. The Labute approximate surface area is 174 Å². The van der Waals surface area contributed by atoms with E-state index < -0.39 is 16.1 Å². The van der Waals surface area contributed by atoms with Crippen LogP contribution in [0.15, 0.2) is 41.3 Å². The number of sulfonamides is 1. The molecular weight excluding hydrogens is 406 g/mol. The number of amides is 1. The van der Waals surface area contributed by atoms with Crippen molar-refractivity contribution in [3.05, 3.63) is 53.1 Å². The van der Waals surface area contributed by atoms with Gasteiger partial charge in [0.2, 0.25) is 15.9 Å². The van der Waals surface area contributed by atoms with Crippen LogP contribution in [0.3, 0.4) is 0 Å².